The third-order valence-electron chi connectivity index (χ3n) is 4.94. The van der Waals surface area contributed by atoms with E-state index in [0.717, 1.165) is 21.1 Å². The molecule has 11 heteroatoms. The van der Waals surface area contributed by atoms with Gasteiger partial charge in [-0.25, -0.2) is 0 Å². The normalized spacial score (nSPS) is 12.1. The molecule has 3 heterocycles. The van der Waals surface area contributed by atoms with Crippen molar-refractivity contribution in [1.82, 2.24) is 5.16 Å². The van der Waals surface area contributed by atoms with E-state index >= 15 is 0 Å². The molecule has 9 nitrogen and oxygen atoms in total. The largest absolute Gasteiger partial charge is 0.504 e. The summed E-state index contributed by atoms with van der Waals surface area (Å²) in [6.45, 7) is 5.59. The van der Waals surface area contributed by atoms with E-state index in [2.05, 4.69) is 15.8 Å². The third kappa shape index (κ3) is 3.80. The molecule has 1 amide bonds. The molecule has 0 aliphatic heterocycles. The van der Waals surface area contributed by atoms with Crippen LogP contribution in [0.4, 0.5) is 22.9 Å². The summed E-state index contributed by atoms with van der Waals surface area (Å²) in [5, 5.41) is 21.8. The molecule has 0 saturated carbocycles. The Bertz CT molecular complexity index is 1380. The number of amides is 1. The SMILES string of the molecule is Cc1cc(N(C)C(=O)c2scc(Nc3c(N[C@H](C)c4ccc(C)s4)c(=O)c3=O)c2O)no1. The molecule has 0 bridgehead atoms. The van der Waals surface area contributed by atoms with Crippen molar-refractivity contribution in [3.63, 3.8) is 0 Å². The Morgan fingerprint density at radius 2 is 1.94 bits per heavy atom. The van der Waals surface area contributed by atoms with Crippen molar-refractivity contribution < 1.29 is 14.4 Å². The highest BCUT2D eigenvalue weighted by molar-refractivity contribution is 7.13. The minimum Gasteiger partial charge on any atom is -0.504 e. The number of carbonyl (C=O) groups is 1. The molecule has 1 aromatic carbocycles. The molecule has 0 saturated heterocycles. The predicted molar refractivity (Wildman–Crippen MR) is 126 cm³/mol. The van der Waals surface area contributed by atoms with Gasteiger partial charge in [0.1, 0.15) is 22.0 Å². The first-order valence-electron chi connectivity index (χ1n) is 9.62. The zero-order valence-corrected chi connectivity index (χ0v) is 19.3. The number of anilines is 4. The first-order valence-corrected chi connectivity index (χ1v) is 11.3. The summed E-state index contributed by atoms with van der Waals surface area (Å²) in [6.07, 6.45) is 0. The minimum absolute atomic E-state index is 0.0581. The molecule has 3 N–H and O–H groups in total. The summed E-state index contributed by atoms with van der Waals surface area (Å²) >= 11 is 2.60. The van der Waals surface area contributed by atoms with Gasteiger partial charge in [0.2, 0.25) is 0 Å². The van der Waals surface area contributed by atoms with Crippen molar-refractivity contribution in [3.8, 4) is 5.75 Å². The van der Waals surface area contributed by atoms with E-state index in [0.29, 0.717) is 11.6 Å². The predicted octanol–water partition coefficient (Wildman–Crippen LogP) is 3.91. The number of aryl methyl sites for hydroxylation is 2. The lowest BCUT2D eigenvalue weighted by atomic mass is 10.1. The molecule has 3 aromatic heterocycles. The van der Waals surface area contributed by atoms with Crippen LogP contribution in [0.1, 0.15) is 38.2 Å². The summed E-state index contributed by atoms with van der Waals surface area (Å²) in [7, 11) is 1.51. The smallest absolute Gasteiger partial charge is 0.273 e. The second-order valence-corrected chi connectivity index (χ2v) is 9.53. The molecule has 0 aliphatic carbocycles. The van der Waals surface area contributed by atoms with Crippen LogP contribution < -0.4 is 26.4 Å². The molecule has 0 fully saturated rings. The number of aromatic hydroxyl groups is 1. The number of hydrogen-bond donors (Lipinski definition) is 3. The standard InChI is InChI=1S/C21H20N4O5S2/c1-9-7-14(24-30-9)25(4)21(29)20-17(26)12(8-31-20)23-16-15(18(27)19(16)28)22-11(3)13-6-5-10(2)32-13/h5-8,11,22-23,26H,1-4H3/t11-/m1/s1. The van der Waals surface area contributed by atoms with Gasteiger partial charge in [-0.3, -0.25) is 19.3 Å². The van der Waals surface area contributed by atoms with Gasteiger partial charge >= 0.3 is 0 Å². The van der Waals surface area contributed by atoms with E-state index in [1.807, 2.05) is 26.0 Å². The van der Waals surface area contributed by atoms with Crippen molar-refractivity contribution in [2.24, 2.45) is 0 Å². The maximum atomic E-state index is 12.8. The van der Waals surface area contributed by atoms with Gasteiger partial charge in [0.05, 0.1) is 11.7 Å². The summed E-state index contributed by atoms with van der Waals surface area (Å²) < 4.78 is 4.98. The Labute approximate surface area is 190 Å². The fourth-order valence-corrected chi connectivity index (χ4v) is 4.86. The molecule has 32 heavy (non-hydrogen) atoms. The molecule has 4 rings (SSSR count). The summed E-state index contributed by atoms with van der Waals surface area (Å²) in [6, 6.07) is 5.37. The molecular formula is C21H20N4O5S2. The zero-order chi connectivity index (χ0) is 23.2. The lowest BCUT2D eigenvalue weighted by molar-refractivity contribution is 0.0993. The van der Waals surface area contributed by atoms with Crippen LogP contribution in [0.3, 0.4) is 0 Å². The summed E-state index contributed by atoms with van der Waals surface area (Å²) in [4.78, 5) is 40.6. The Morgan fingerprint density at radius 1 is 1.22 bits per heavy atom. The highest BCUT2D eigenvalue weighted by atomic mass is 32.1. The van der Waals surface area contributed by atoms with Crippen molar-refractivity contribution in [1.29, 1.82) is 0 Å². The van der Waals surface area contributed by atoms with E-state index in [4.69, 9.17) is 4.52 Å². The molecule has 0 unspecified atom stereocenters. The second kappa shape index (κ2) is 8.24. The van der Waals surface area contributed by atoms with Crippen molar-refractivity contribution in [2.45, 2.75) is 26.8 Å². The van der Waals surface area contributed by atoms with E-state index in [9.17, 15) is 19.5 Å². The zero-order valence-electron chi connectivity index (χ0n) is 17.7. The van der Waals surface area contributed by atoms with Crippen molar-refractivity contribution in [3.05, 3.63) is 64.4 Å². The quantitative estimate of drug-likeness (QED) is 0.346. The maximum Gasteiger partial charge on any atom is 0.273 e. The molecule has 4 aromatic rings. The molecule has 1 atom stereocenters. The number of hydrogen-bond acceptors (Lipinski definition) is 10. The van der Waals surface area contributed by atoms with Gasteiger partial charge in [-0.2, -0.15) is 0 Å². The van der Waals surface area contributed by atoms with E-state index in [1.54, 1.807) is 24.3 Å². The number of rotatable bonds is 7. The lowest BCUT2D eigenvalue weighted by Gasteiger charge is -2.18. The summed E-state index contributed by atoms with van der Waals surface area (Å²) in [5.74, 6) is 0.0536. The van der Waals surface area contributed by atoms with E-state index < -0.39 is 16.8 Å². The van der Waals surface area contributed by atoms with Crippen LogP contribution in [0.25, 0.3) is 0 Å². The van der Waals surface area contributed by atoms with Crippen molar-refractivity contribution >= 4 is 51.5 Å². The summed E-state index contributed by atoms with van der Waals surface area (Å²) in [5.41, 5.74) is -0.932. The lowest BCUT2D eigenvalue weighted by Crippen LogP contribution is -2.37. The van der Waals surface area contributed by atoms with Gasteiger partial charge < -0.3 is 20.3 Å². The fourth-order valence-electron chi connectivity index (χ4n) is 3.12. The van der Waals surface area contributed by atoms with Crippen LogP contribution in [-0.2, 0) is 0 Å². The molecular weight excluding hydrogens is 452 g/mol. The number of carbonyl (C=O) groups excluding carboxylic acids is 1. The first-order chi connectivity index (χ1) is 15.2. The average Bonchev–Trinajstić information content (AvgIpc) is 3.49. The van der Waals surface area contributed by atoms with Crippen LogP contribution in [-0.4, -0.2) is 23.2 Å². The van der Waals surface area contributed by atoms with E-state index in [-0.39, 0.29) is 33.7 Å². The Hall–Kier alpha value is -3.44. The monoisotopic (exact) mass is 472 g/mol. The second-order valence-electron chi connectivity index (χ2n) is 7.33. The van der Waals surface area contributed by atoms with Gasteiger partial charge in [-0.15, -0.1) is 22.7 Å². The third-order valence-corrected chi connectivity index (χ3v) is 7.08. The Morgan fingerprint density at radius 3 is 2.56 bits per heavy atom. The molecule has 166 valence electrons. The highest BCUT2D eigenvalue weighted by Gasteiger charge is 2.27. The van der Waals surface area contributed by atoms with Crippen LogP contribution >= 0.6 is 22.7 Å². The fraction of sp³-hybridized carbons (Fsp3) is 0.238. The average molecular weight is 473 g/mol. The van der Waals surface area contributed by atoms with Gasteiger partial charge in [-0.05, 0) is 32.9 Å². The number of aromatic nitrogens is 1. The van der Waals surface area contributed by atoms with Crippen molar-refractivity contribution in [2.75, 3.05) is 22.6 Å². The van der Waals surface area contributed by atoms with Gasteiger partial charge in [0.15, 0.2) is 11.6 Å². The van der Waals surface area contributed by atoms with Crippen LogP contribution in [0.15, 0.2) is 37.7 Å². The first kappa shape index (κ1) is 21.8. The van der Waals surface area contributed by atoms with E-state index in [1.165, 1.54) is 17.3 Å². The van der Waals surface area contributed by atoms with Crippen LogP contribution in [0, 0.1) is 13.8 Å². The maximum absolute atomic E-state index is 12.8. The molecule has 0 aliphatic rings. The minimum atomic E-state index is -0.685. The number of thiophene rings is 2. The molecule has 0 radical (unpaired) electrons. The topological polar surface area (TPSA) is 125 Å². The number of nitrogens with one attached hydrogen (secondary N) is 2. The number of nitrogens with zero attached hydrogens (tertiary/aromatic N) is 2. The van der Waals surface area contributed by atoms with Gasteiger partial charge in [-0.1, -0.05) is 5.16 Å². The Balaban J connectivity index is 1.54. The Kier molecular flexibility index (Phi) is 5.61. The van der Waals surface area contributed by atoms with Gasteiger partial charge in [0, 0.05) is 28.2 Å². The molecule has 0 spiro atoms. The van der Waals surface area contributed by atoms with Crippen LogP contribution in [0.2, 0.25) is 0 Å². The van der Waals surface area contributed by atoms with Crippen LogP contribution in [0.5, 0.6) is 5.75 Å². The highest BCUT2D eigenvalue weighted by Crippen LogP contribution is 2.38. The van der Waals surface area contributed by atoms with Gasteiger partial charge in [0.25, 0.3) is 16.8 Å².